The Morgan fingerprint density at radius 3 is 2.58 bits per heavy atom. The minimum Gasteiger partial charge on any atom is -0.374 e. The highest BCUT2D eigenvalue weighted by atomic mass is 19.4. The van der Waals surface area contributed by atoms with Crippen LogP contribution >= 0.6 is 0 Å². The van der Waals surface area contributed by atoms with Crippen LogP contribution in [-0.2, 0) is 11.0 Å². The van der Waals surface area contributed by atoms with Gasteiger partial charge in [0.2, 0.25) is 0 Å². The van der Waals surface area contributed by atoms with E-state index < -0.39 is 17.6 Å². The molecule has 6 nitrogen and oxygen atoms in total. The van der Waals surface area contributed by atoms with E-state index in [1.807, 2.05) is 4.90 Å². The normalized spacial score (nSPS) is 16.3. The summed E-state index contributed by atoms with van der Waals surface area (Å²) in [6.45, 7) is 4.17. The second-order valence-corrected chi connectivity index (χ2v) is 5.85. The maximum atomic E-state index is 12.7. The molecule has 0 atom stereocenters. The summed E-state index contributed by atoms with van der Waals surface area (Å²) in [7, 11) is 0. The number of nitrogens with zero attached hydrogens (tertiary/aromatic N) is 3. The van der Waals surface area contributed by atoms with Gasteiger partial charge in [-0.25, -0.2) is 0 Å². The monoisotopic (exact) mass is 367 g/mol. The van der Waals surface area contributed by atoms with Gasteiger partial charge in [-0.3, -0.25) is 9.69 Å². The van der Waals surface area contributed by atoms with Gasteiger partial charge in [-0.05, 0) is 18.2 Å². The van der Waals surface area contributed by atoms with Gasteiger partial charge in [-0.1, -0.05) is 6.07 Å². The number of carbonyl (C=O) groups is 1. The number of halogens is 3. The van der Waals surface area contributed by atoms with Crippen molar-refractivity contribution in [2.45, 2.75) is 6.18 Å². The Hall–Kier alpha value is -2.57. The Bertz CT molecular complexity index is 703. The molecule has 2 rings (SSSR count). The Morgan fingerprint density at radius 2 is 2.00 bits per heavy atom. The molecule has 0 radical (unpaired) electrons. The molecule has 1 amide bonds. The van der Waals surface area contributed by atoms with E-state index in [1.54, 1.807) is 6.07 Å². The van der Waals surface area contributed by atoms with E-state index >= 15 is 0 Å². The second kappa shape index (κ2) is 8.69. The number of hydrogen-bond acceptors (Lipinski definition) is 5. The Kier molecular flexibility index (Phi) is 6.60. The zero-order valence-electron chi connectivity index (χ0n) is 14.1. The highest BCUT2D eigenvalue weighted by Gasteiger charge is 2.30. The maximum absolute atomic E-state index is 12.7. The number of nitrogens with one attached hydrogen (secondary N) is 1. The lowest BCUT2D eigenvalue weighted by Gasteiger charge is -2.33. The average molecular weight is 367 g/mol. The highest BCUT2D eigenvalue weighted by molar-refractivity contribution is 6.06. The molecule has 1 aliphatic heterocycles. The number of amides is 1. The van der Waals surface area contributed by atoms with Gasteiger partial charge in [-0.2, -0.15) is 18.4 Å². The van der Waals surface area contributed by atoms with Crippen LogP contribution < -0.4 is 11.1 Å². The molecule has 140 valence electrons. The SMILES string of the molecule is N#C/C(=C/N1CCN(CCN)CC1)C(=O)Nc1cccc(C(F)(F)F)c1. The van der Waals surface area contributed by atoms with Gasteiger partial charge in [0.25, 0.3) is 5.91 Å². The predicted molar refractivity (Wildman–Crippen MR) is 90.8 cm³/mol. The first-order valence-electron chi connectivity index (χ1n) is 8.10. The van der Waals surface area contributed by atoms with Gasteiger partial charge in [0, 0.05) is 51.2 Å². The Balaban J connectivity index is 2.02. The fourth-order valence-corrected chi connectivity index (χ4v) is 2.59. The second-order valence-electron chi connectivity index (χ2n) is 5.85. The first kappa shape index (κ1) is 19.8. The number of carbonyl (C=O) groups excluding carboxylic acids is 1. The van der Waals surface area contributed by atoms with Crippen LogP contribution in [0.1, 0.15) is 5.56 Å². The van der Waals surface area contributed by atoms with E-state index in [0.29, 0.717) is 19.6 Å². The van der Waals surface area contributed by atoms with Gasteiger partial charge < -0.3 is 16.0 Å². The third-order valence-electron chi connectivity index (χ3n) is 3.98. The first-order chi connectivity index (χ1) is 12.3. The molecular weight excluding hydrogens is 347 g/mol. The van der Waals surface area contributed by atoms with E-state index in [4.69, 9.17) is 5.73 Å². The fraction of sp³-hybridized carbons (Fsp3) is 0.412. The highest BCUT2D eigenvalue weighted by Crippen LogP contribution is 2.30. The topological polar surface area (TPSA) is 85.4 Å². The lowest BCUT2D eigenvalue weighted by molar-refractivity contribution is -0.137. The number of anilines is 1. The minimum absolute atomic E-state index is 0.0151. The maximum Gasteiger partial charge on any atom is 0.416 e. The van der Waals surface area contributed by atoms with Crippen LogP contribution in [0.25, 0.3) is 0 Å². The lowest BCUT2D eigenvalue weighted by atomic mass is 10.2. The number of nitriles is 1. The summed E-state index contributed by atoms with van der Waals surface area (Å²) in [5.41, 5.74) is 4.47. The molecule has 1 heterocycles. The molecule has 0 aliphatic carbocycles. The molecule has 3 N–H and O–H groups in total. The number of hydrogen-bond donors (Lipinski definition) is 2. The summed E-state index contributed by atoms with van der Waals surface area (Å²) in [4.78, 5) is 16.2. The van der Waals surface area contributed by atoms with Crippen molar-refractivity contribution >= 4 is 11.6 Å². The minimum atomic E-state index is -4.50. The molecule has 0 bridgehead atoms. The smallest absolute Gasteiger partial charge is 0.374 e. The van der Waals surface area contributed by atoms with Crippen LogP contribution in [0.15, 0.2) is 36.0 Å². The van der Waals surface area contributed by atoms with E-state index in [1.165, 1.54) is 18.3 Å². The first-order valence-corrected chi connectivity index (χ1v) is 8.10. The Labute approximate surface area is 149 Å². The summed E-state index contributed by atoms with van der Waals surface area (Å²) in [5.74, 6) is -0.740. The quantitative estimate of drug-likeness (QED) is 0.610. The van der Waals surface area contributed by atoms with Crippen LogP contribution in [0.5, 0.6) is 0 Å². The number of alkyl halides is 3. The average Bonchev–Trinajstić information content (AvgIpc) is 2.60. The van der Waals surface area contributed by atoms with E-state index in [0.717, 1.165) is 31.8 Å². The zero-order chi connectivity index (χ0) is 19.2. The Morgan fingerprint density at radius 1 is 1.31 bits per heavy atom. The molecule has 0 unspecified atom stereocenters. The standard InChI is InChI=1S/C17H20F3N5O/c18-17(19,20)14-2-1-3-15(10-14)23-16(26)13(11-22)12-25-8-6-24(5-4-21)7-9-25/h1-3,10,12H,4-9,21H2,(H,23,26)/b13-12-. The number of nitrogens with two attached hydrogens (primary N) is 1. The third kappa shape index (κ3) is 5.47. The fourth-order valence-electron chi connectivity index (χ4n) is 2.59. The predicted octanol–water partition coefficient (Wildman–Crippen LogP) is 1.63. The molecule has 1 aromatic rings. The van der Waals surface area contributed by atoms with Crippen molar-refractivity contribution < 1.29 is 18.0 Å². The van der Waals surface area contributed by atoms with Crippen LogP contribution in [0.2, 0.25) is 0 Å². The molecule has 0 saturated carbocycles. The van der Waals surface area contributed by atoms with E-state index in [-0.39, 0.29) is 11.3 Å². The van der Waals surface area contributed by atoms with Crippen molar-refractivity contribution in [1.29, 1.82) is 5.26 Å². The van der Waals surface area contributed by atoms with Crippen molar-refractivity contribution in [3.05, 3.63) is 41.6 Å². The molecule has 1 fully saturated rings. The van der Waals surface area contributed by atoms with Gasteiger partial charge in [0.1, 0.15) is 11.6 Å². The van der Waals surface area contributed by atoms with Crippen LogP contribution in [0, 0.1) is 11.3 Å². The molecule has 1 saturated heterocycles. The number of benzene rings is 1. The van der Waals surface area contributed by atoms with Crippen molar-refractivity contribution in [1.82, 2.24) is 9.80 Å². The molecule has 1 aromatic carbocycles. The summed E-state index contributed by atoms with van der Waals surface area (Å²) in [6.07, 6.45) is -3.05. The summed E-state index contributed by atoms with van der Waals surface area (Å²) in [5, 5.41) is 11.6. The van der Waals surface area contributed by atoms with Gasteiger partial charge >= 0.3 is 6.18 Å². The van der Waals surface area contributed by atoms with Crippen molar-refractivity contribution in [3.63, 3.8) is 0 Å². The van der Waals surface area contributed by atoms with Gasteiger partial charge in [0.05, 0.1) is 5.56 Å². The molecule has 1 aliphatic rings. The molecule has 0 aromatic heterocycles. The summed E-state index contributed by atoms with van der Waals surface area (Å²) in [6, 6.07) is 6.09. The van der Waals surface area contributed by atoms with Crippen molar-refractivity contribution in [2.75, 3.05) is 44.6 Å². The van der Waals surface area contributed by atoms with Crippen LogP contribution in [0.4, 0.5) is 18.9 Å². The number of rotatable bonds is 5. The largest absolute Gasteiger partial charge is 0.416 e. The number of piperazine rings is 1. The van der Waals surface area contributed by atoms with E-state index in [2.05, 4.69) is 10.2 Å². The van der Waals surface area contributed by atoms with Crippen molar-refractivity contribution in [3.8, 4) is 6.07 Å². The lowest BCUT2D eigenvalue weighted by Crippen LogP contribution is -2.45. The molecule has 0 spiro atoms. The molecule has 9 heteroatoms. The third-order valence-corrected chi connectivity index (χ3v) is 3.98. The van der Waals surface area contributed by atoms with Crippen LogP contribution in [-0.4, -0.2) is 55.0 Å². The summed E-state index contributed by atoms with van der Waals surface area (Å²) >= 11 is 0. The summed E-state index contributed by atoms with van der Waals surface area (Å²) < 4.78 is 38.2. The molecule has 26 heavy (non-hydrogen) atoms. The van der Waals surface area contributed by atoms with Crippen LogP contribution in [0.3, 0.4) is 0 Å². The van der Waals surface area contributed by atoms with Gasteiger partial charge in [0.15, 0.2) is 0 Å². The molecular formula is C17H20F3N5O. The van der Waals surface area contributed by atoms with Crippen molar-refractivity contribution in [2.24, 2.45) is 5.73 Å². The van der Waals surface area contributed by atoms with E-state index in [9.17, 15) is 23.2 Å². The zero-order valence-corrected chi connectivity index (χ0v) is 14.1. The van der Waals surface area contributed by atoms with Gasteiger partial charge in [-0.15, -0.1) is 0 Å².